The summed E-state index contributed by atoms with van der Waals surface area (Å²) in [7, 11) is 0. The van der Waals surface area contributed by atoms with Crippen molar-refractivity contribution < 1.29 is 19.1 Å². The van der Waals surface area contributed by atoms with Gasteiger partial charge in [0.25, 0.3) is 0 Å². The van der Waals surface area contributed by atoms with E-state index in [1.165, 1.54) is 5.56 Å². The Labute approximate surface area is 205 Å². The highest BCUT2D eigenvalue weighted by molar-refractivity contribution is 5.87. The van der Waals surface area contributed by atoms with Crippen LogP contribution >= 0.6 is 0 Å². The van der Waals surface area contributed by atoms with E-state index in [1.54, 1.807) is 36.4 Å². The third-order valence-corrected chi connectivity index (χ3v) is 6.54. The van der Waals surface area contributed by atoms with Crippen molar-refractivity contribution in [3.63, 3.8) is 0 Å². The topological polar surface area (TPSA) is 114 Å². The van der Waals surface area contributed by atoms with E-state index in [9.17, 15) is 14.4 Å². The van der Waals surface area contributed by atoms with Crippen LogP contribution in [-0.4, -0.2) is 58.9 Å². The lowest BCUT2D eigenvalue weighted by Crippen LogP contribution is -2.40. The molecule has 1 fully saturated rings. The lowest BCUT2D eigenvalue weighted by Gasteiger charge is -2.21. The van der Waals surface area contributed by atoms with Gasteiger partial charge in [-0.2, -0.15) is 0 Å². The third-order valence-electron chi connectivity index (χ3n) is 6.54. The number of carbonyl (C=O) groups excluding carboxylic acids is 3. The molecule has 2 amide bonds. The number of fused-ring (bicyclic) bond motifs is 1. The second-order valence-electron chi connectivity index (χ2n) is 9.04. The first-order valence-corrected chi connectivity index (χ1v) is 12.4. The molecular formula is C26H33N5O4. The molecule has 1 saturated heterocycles. The Bertz CT molecular complexity index is 1050. The van der Waals surface area contributed by atoms with Crippen LogP contribution in [0.2, 0.25) is 0 Å². The Morgan fingerprint density at radius 2 is 2.20 bits per heavy atom. The van der Waals surface area contributed by atoms with Gasteiger partial charge < -0.3 is 20.3 Å². The van der Waals surface area contributed by atoms with Gasteiger partial charge in [-0.1, -0.05) is 12.1 Å². The highest BCUT2D eigenvalue weighted by atomic mass is 16.5. The first-order chi connectivity index (χ1) is 17.0. The van der Waals surface area contributed by atoms with Gasteiger partial charge in [0.05, 0.1) is 25.6 Å². The Hall–Kier alpha value is -3.49. The average Bonchev–Trinajstić information content (AvgIpc) is 3.21. The quantitative estimate of drug-likeness (QED) is 0.503. The average molecular weight is 480 g/mol. The molecule has 2 aromatic heterocycles. The molecule has 2 N–H and O–H groups in total. The zero-order valence-electron chi connectivity index (χ0n) is 20.2. The van der Waals surface area contributed by atoms with Crippen molar-refractivity contribution in [1.82, 2.24) is 20.2 Å². The normalized spacial score (nSPS) is 17.9. The van der Waals surface area contributed by atoms with Gasteiger partial charge in [0, 0.05) is 37.1 Å². The summed E-state index contributed by atoms with van der Waals surface area (Å²) in [6, 6.07) is 7.18. The lowest BCUT2D eigenvalue weighted by molar-refractivity contribution is -0.144. The summed E-state index contributed by atoms with van der Waals surface area (Å²) in [4.78, 5) is 48.2. The van der Waals surface area contributed by atoms with Crippen LogP contribution in [0.4, 0.5) is 5.82 Å². The van der Waals surface area contributed by atoms with Crippen LogP contribution in [0.3, 0.4) is 0 Å². The number of carbonyl (C=O) groups is 3. The summed E-state index contributed by atoms with van der Waals surface area (Å²) in [6.45, 7) is 3.47. The van der Waals surface area contributed by atoms with E-state index in [4.69, 9.17) is 9.72 Å². The molecule has 0 radical (unpaired) electrons. The summed E-state index contributed by atoms with van der Waals surface area (Å²) in [5.74, 6) is 0.155. The number of pyridine rings is 2. The zero-order chi connectivity index (χ0) is 24.6. The monoisotopic (exact) mass is 479 g/mol. The van der Waals surface area contributed by atoms with Crippen molar-refractivity contribution in [2.75, 3.05) is 31.6 Å². The number of aryl methyl sites for hydroxylation is 2. The van der Waals surface area contributed by atoms with E-state index in [0.717, 1.165) is 43.7 Å². The minimum Gasteiger partial charge on any atom is -0.466 e. The molecule has 35 heavy (non-hydrogen) atoms. The zero-order valence-corrected chi connectivity index (χ0v) is 20.2. The summed E-state index contributed by atoms with van der Waals surface area (Å²) in [5.41, 5.74) is 2.95. The summed E-state index contributed by atoms with van der Waals surface area (Å²) < 4.78 is 5.05. The van der Waals surface area contributed by atoms with E-state index < -0.39 is 12.0 Å². The number of anilines is 1. The fourth-order valence-corrected chi connectivity index (χ4v) is 4.69. The predicted octanol–water partition coefficient (Wildman–Crippen LogP) is 2.43. The summed E-state index contributed by atoms with van der Waals surface area (Å²) in [5, 5.41) is 6.23. The molecule has 0 spiro atoms. The standard InChI is InChI=1S/C26H33N5O4/c1-2-35-24(33)15-22(20-6-3-12-27-16-20)30-23(32)17-31-14-11-19(26(31)34)8-10-21-9-7-18-5-4-13-28-25(18)29-21/h3,6-7,9,12,16,19,22H,2,4-5,8,10-11,13-15,17H2,1H3,(H,28,29)(H,30,32)/t19-,22-/m0/s1. The first kappa shape index (κ1) is 24.6. The van der Waals surface area contributed by atoms with Gasteiger partial charge in [-0.05, 0) is 62.3 Å². The lowest BCUT2D eigenvalue weighted by atomic mass is 9.99. The van der Waals surface area contributed by atoms with Crippen LogP contribution < -0.4 is 10.6 Å². The second kappa shape index (κ2) is 11.8. The smallest absolute Gasteiger partial charge is 0.308 e. The first-order valence-electron chi connectivity index (χ1n) is 12.4. The van der Waals surface area contributed by atoms with Crippen LogP contribution in [-0.2, 0) is 32.0 Å². The van der Waals surface area contributed by atoms with E-state index in [-0.39, 0.29) is 37.3 Å². The van der Waals surface area contributed by atoms with Crippen molar-refractivity contribution in [3.05, 3.63) is 53.5 Å². The molecule has 0 bridgehead atoms. The number of nitrogens with zero attached hydrogens (tertiary/aromatic N) is 3. The molecule has 2 aromatic rings. The SMILES string of the molecule is CCOC(=O)C[C@H](NC(=O)CN1CC[C@H](CCc2ccc3c(n2)NCCC3)C1=O)c1cccnc1. The number of rotatable bonds is 10. The maximum atomic E-state index is 12.9. The van der Waals surface area contributed by atoms with Crippen molar-refractivity contribution in [2.45, 2.75) is 51.5 Å². The molecule has 2 aliphatic heterocycles. The van der Waals surface area contributed by atoms with Gasteiger partial charge in [-0.15, -0.1) is 0 Å². The number of ether oxygens (including phenoxy) is 1. The molecule has 2 aliphatic rings. The number of hydrogen-bond acceptors (Lipinski definition) is 7. The van der Waals surface area contributed by atoms with Crippen molar-refractivity contribution in [1.29, 1.82) is 0 Å². The van der Waals surface area contributed by atoms with Crippen molar-refractivity contribution in [3.8, 4) is 0 Å². The minimum atomic E-state index is -0.563. The molecular weight excluding hydrogens is 446 g/mol. The number of nitrogens with one attached hydrogen (secondary N) is 2. The van der Waals surface area contributed by atoms with Crippen molar-refractivity contribution in [2.24, 2.45) is 5.92 Å². The number of esters is 1. The fraction of sp³-hybridized carbons (Fsp3) is 0.500. The van der Waals surface area contributed by atoms with Crippen LogP contribution in [0.15, 0.2) is 36.7 Å². The Morgan fingerprint density at radius 3 is 3.00 bits per heavy atom. The van der Waals surface area contributed by atoms with Crippen LogP contribution in [0.25, 0.3) is 0 Å². The molecule has 4 rings (SSSR count). The summed E-state index contributed by atoms with van der Waals surface area (Å²) >= 11 is 0. The molecule has 0 saturated carbocycles. The van der Waals surface area contributed by atoms with Crippen LogP contribution in [0, 0.1) is 5.92 Å². The molecule has 0 aliphatic carbocycles. The number of likely N-dealkylation sites (tertiary alicyclic amines) is 1. The van der Waals surface area contributed by atoms with Gasteiger partial charge in [0.1, 0.15) is 5.82 Å². The Morgan fingerprint density at radius 1 is 1.31 bits per heavy atom. The number of amides is 2. The van der Waals surface area contributed by atoms with Gasteiger partial charge in [0.2, 0.25) is 11.8 Å². The fourth-order valence-electron chi connectivity index (χ4n) is 4.69. The maximum absolute atomic E-state index is 12.9. The van der Waals surface area contributed by atoms with Gasteiger partial charge in [-0.25, -0.2) is 4.98 Å². The van der Waals surface area contributed by atoms with Crippen LogP contribution in [0.5, 0.6) is 0 Å². The number of aromatic nitrogens is 2. The third kappa shape index (κ3) is 6.55. The van der Waals surface area contributed by atoms with E-state index in [1.807, 2.05) is 0 Å². The van der Waals surface area contributed by atoms with Gasteiger partial charge in [0.15, 0.2) is 0 Å². The minimum absolute atomic E-state index is 0.000412. The largest absolute Gasteiger partial charge is 0.466 e. The van der Waals surface area contributed by atoms with Crippen LogP contribution in [0.1, 0.15) is 55.5 Å². The second-order valence-corrected chi connectivity index (χ2v) is 9.04. The van der Waals surface area contributed by atoms with E-state index >= 15 is 0 Å². The number of hydrogen-bond donors (Lipinski definition) is 2. The highest BCUT2D eigenvalue weighted by Gasteiger charge is 2.33. The van der Waals surface area contributed by atoms with E-state index in [0.29, 0.717) is 18.5 Å². The molecule has 4 heterocycles. The molecule has 9 heteroatoms. The molecule has 0 aromatic carbocycles. The molecule has 9 nitrogen and oxygen atoms in total. The maximum Gasteiger partial charge on any atom is 0.308 e. The Balaban J connectivity index is 1.29. The Kier molecular flexibility index (Phi) is 8.28. The van der Waals surface area contributed by atoms with Crippen molar-refractivity contribution >= 4 is 23.6 Å². The predicted molar refractivity (Wildman–Crippen MR) is 130 cm³/mol. The van der Waals surface area contributed by atoms with Gasteiger partial charge >= 0.3 is 5.97 Å². The summed E-state index contributed by atoms with van der Waals surface area (Å²) in [6.07, 6.45) is 7.60. The molecule has 0 unspecified atom stereocenters. The van der Waals surface area contributed by atoms with E-state index in [2.05, 4.69) is 27.8 Å². The van der Waals surface area contributed by atoms with Gasteiger partial charge in [-0.3, -0.25) is 19.4 Å². The molecule has 2 atom stereocenters. The highest BCUT2D eigenvalue weighted by Crippen LogP contribution is 2.25. The molecule has 186 valence electrons.